The molecule has 0 aromatic heterocycles. The Morgan fingerprint density at radius 2 is 1.96 bits per heavy atom. The molecule has 0 saturated carbocycles. The summed E-state index contributed by atoms with van der Waals surface area (Å²) in [5.74, 6) is 0. The number of anilines is 2. The van der Waals surface area contributed by atoms with Crippen LogP contribution >= 0.6 is 12.2 Å². The fraction of sp³-hybridized carbons (Fsp3) is 0.357. The summed E-state index contributed by atoms with van der Waals surface area (Å²) in [6, 6.07) is 3.89. The van der Waals surface area contributed by atoms with Crippen LogP contribution in [0.25, 0.3) is 0 Å². The van der Waals surface area contributed by atoms with Crippen molar-refractivity contribution in [1.82, 2.24) is 5.32 Å². The average molecular weight is 370 g/mol. The molecule has 136 valence electrons. The van der Waals surface area contributed by atoms with E-state index in [9.17, 15) is 19.7 Å². The molecule has 25 heavy (non-hydrogen) atoms. The van der Waals surface area contributed by atoms with Gasteiger partial charge in [0, 0.05) is 6.07 Å². The smallest absolute Gasteiger partial charge is 0.413 e. The number of hydrogen-bond acceptors (Lipinski definition) is 7. The van der Waals surface area contributed by atoms with Crippen molar-refractivity contribution >= 4 is 46.6 Å². The summed E-state index contributed by atoms with van der Waals surface area (Å²) < 4.78 is 9.55. The van der Waals surface area contributed by atoms with Crippen molar-refractivity contribution in [3.63, 3.8) is 0 Å². The molecule has 0 saturated heterocycles. The standard InChI is InChI=1S/C14H18N4O6S/c1-4-23-13(19)17-12(25)16-10-6-5-9(7-11(10)18(21)22)15-14(20)24-8(2)3/h5-8H,4H2,1-3H3,(H,15,20)(H2,16,17,19,25). The number of nitro groups is 1. The van der Waals surface area contributed by atoms with E-state index in [4.69, 9.17) is 17.0 Å². The Labute approximate surface area is 149 Å². The van der Waals surface area contributed by atoms with Gasteiger partial charge in [0.25, 0.3) is 5.69 Å². The van der Waals surface area contributed by atoms with E-state index in [1.807, 2.05) is 0 Å². The van der Waals surface area contributed by atoms with E-state index < -0.39 is 17.1 Å². The second-order valence-electron chi connectivity index (χ2n) is 4.87. The number of thiocarbonyl (C=S) groups is 1. The summed E-state index contributed by atoms with van der Waals surface area (Å²) >= 11 is 4.89. The first-order valence-corrected chi connectivity index (χ1v) is 7.64. The number of nitrogens with zero attached hydrogens (tertiary/aromatic N) is 1. The summed E-state index contributed by atoms with van der Waals surface area (Å²) in [6.07, 6.45) is -1.84. The van der Waals surface area contributed by atoms with Gasteiger partial charge in [-0.2, -0.15) is 0 Å². The lowest BCUT2D eigenvalue weighted by Crippen LogP contribution is -2.34. The zero-order chi connectivity index (χ0) is 19.0. The van der Waals surface area contributed by atoms with Crippen LogP contribution in [0.1, 0.15) is 20.8 Å². The highest BCUT2D eigenvalue weighted by molar-refractivity contribution is 7.80. The van der Waals surface area contributed by atoms with Gasteiger partial charge in [0.1, 0.15) is 5.69 Å². The maximum atomic E-state index is 11.5. The molecule has 0 spiro atoms. The molecule has 2 amide bonds. The quantitative estimate of drug-likeness (QED) is 0.409. The molecular formula is C14H18N4O6S. The molecule has 11 heteroatoms. The summed E-state index contributed by atoms with van der Waals surface area (Å²) in [5.41, 5.74) is -0.142. The van der Waals surface area contributed by atoms with Crippen LogP contribution in [0.15, 0.2) is 18.2 Å². The first-order valence-electron chi connectivity index (χ1n) is 7.23. The molecule has 0 aliphatic heterocycles. The van der Waals surface area contributed by atoms with Crippen LogP contribution in [0.3, 0.4) is 0 Å². The molecule has 10 nitrogen and oxygen atoms in total. The Balaban J connectivity index is 2.87. The van der Waals surface area contributed by atoms with Gasteiger partial charge in [-0.3, -0.25) is 20.7 Å². The summed E-state index contributed by atoms with van der Waals surface area (Å²) in [5, 5.41) is 18.2. The topological polar surface area (TPSA) is 132 Å². The Hall–Kier alpha value is -2.95. The van der Waals surface area contributed by atoms with E-state index in [2.05, 4.69) is 20.7 Å². The van der Waals surface area contributed by atoms with Gasteiger partial charge in [0.05, 0.1) is 23.3 Å². The number of amides is 2. The van der Waals surface area contributed by atoms with Gasteiger partial charge in [0.2, 0.25) is 0 Å². The summed E-state index contributed by atoms with van der Waals surface area (Å²) in [4.78, 5) is 33.4. The Morgan fingerprint density at radius 3 is 2.52 bits per heavy atom. The molecule has 1 aromatic rings. The second kappa shape index (κ2) is 9.37. The molecule has 0 aliphatic rings. The molecule has 0 unspecified atom stereocenters. The summed E-state index contributed by atoms with van der Waals surface area (Å²) in [7, 11) is 0. The predicted octanol–water partition coefficient (Wildman–Crippen LogP) is 2.99. The van der Waals surface area contributed by atoms with Crippen molar-refractivity contribution in [2.24, 2.45) is 0 Å². The highest BCUT2D eigenvalue weighted by Crippen LogP contribution is 2.28. The van der Waals surface area contributed by atoms with E-state index in [1.165, 1.54) is 12.1 Å². The Morgan fingerprint density at radius 1 is 1.28 bits per heavy atom. The molecule has 0 heterocycles. The van der Waals surface area contributed by atoms with E-state index in [0.29, 0.717) is 0 Å². The number of carbonyl (C=O) groups excluding carboxylic acids is 2. The van der Waals surface area contributed by atoms with Crippen LogP contribution in [-0.4, -0.2) is 34.9 Å². The molecule has 0 radical (unpaired) electrons. The minimum Gasteiger partial charge on any atom is -0.450 e. The number of nitrogens with one attached hydrogen (secondary N) is 3. The number of alkyl carbamates (subject to hydrolysis) is 1. The molecule has 1 rings (SSSR count). The molecule has 0 fully saturated rings. The Kier molecular flexibility index (Phi) is 7.53. The van der Waals surface area contributed by atoms with Gasteiger partial charge in [-0.1, -0.05) is 0 Å². The third-order valence-corrected chi connectivity index (χ3v) is 2.73. The highest BCUT2D eigenvalue weighted by Gasteiger charge is 2.18. The average Bonchev–Trinajstić information content (AvgIpc) is 2.47. The van der Waals surface area contributed by atoms with E-state index >= 15 is 0 Å². The lowest BCUT2D eigenvalue weighted by molar-refractivity contribution is -0.383. The second-order valence-corrected chi connectivity index (χ2v) is 5.28. The molecular weight excluding hydrogens is 352 g/mol. The zero-order valence-corrected chi connectivity index (χ0v) is 14.6. The first kappa shape index (κ1) is 20.1. The SMILES string of the molecule is CCOC(=O)NC(=S)Nc1ccc(NC(=O)OC(C)C)cc1[N+](=O)[O-]. The molecule has 3 N–H and O–H groups in total. The van der Waals surface area contributed by atoms with Crippen LogP contribution < -0.4 is 16.0 Å². The minimum atomic E-state index is -0.780. The maximum Gasteiger partial charge on any atom is 0.413 e. The molecule has 0 atom stereocenters. The third-order valence-electron chi connectivity index (χ3n) is 2.52. The fourth-order valence-corrected chi connectivity index (χ4v) is 1.83. The zero-order valence-electron chi connectivity index (χ0n) is 13.8. The summed E-state index contributed by atoms with van der Waals surface area (Å²) in [6.45, 7) is 5.12. The van der Waals surface area contributed by atoms with Crippen molar-refractivity contribution in [3.05, 3.63) is 28.3 Å². The van der Waals surface area contributed by atoms with E-state index in [-0.39, 0.29) is 34.9 Å². The van der Waals surface area contributed by atoms with Gasteiger partial charge >= 0.3 is 12.2 Å². The van der Waals surface area contributed by atoms with Crippen LogP contribution in [0, 0.1) is 10.1 Å². The van der Waals surface area contributed by atoms with E-state index in [0.717, 1.165) is 6.07 Å². The van der Waals surface area contributed by atoms with Crippen molar-refractivity contribution < 1.29 is 24.0 Å². The van der Waals surface area contributed by atoms with Gasteiger partial charge < -0.3 is 14.8 Å². The van der Waals surface area contributed by atoms with Crippen LogP contribution in [0.5, 0.6) is 0 Å². The maximum absolute atomic E-state index is 11.5. The highest BCUT2D eigenvalue weighted by atomic mass is 32.1. The first-order chi connectivity index (χ1) is 11.7. The Bertz CT molecular complexity index is 679. The van der Waals surface area contributed by atoms with Crippen LogP contribution in [0.2, 0.25) is 0 Å². The van der Waals surface area contributed by atoms with Gasteiger partial charge in [-0.05, 0) is 45.1 Å². The minimum absolute atomic E-state index is 0.0366. The number of rotatable bonds is 5. The van der Waals surface area contributed by atoms with Crippen LogP contribution in [0.4, 0.5) is 26.7 Å². The van der Waals surface area contributed by atoms with Gasteiger partial charge in [0.15, 0.2) is 5.11 Å². The molecule has 1 aromatic carbocycles. The van der Waals surface area contributed by atoms with Crippen molar-refractivity contribution in [3.8, 4) is 0 Å². The lowest BCUT2D eigenvalue weighted by Gasteiger charge is -2.12. The number of benzene rings is 1. The number of hydrogen-bond donors (Lipinski definition) is 3. The van der Waals surface area contributed by atoms with Gasteiger partial charge in [-0.25, -0.2) is 9.59 Å². The largest absolute Gasteiger partial charge is 0.450 e. The van der Waals surface area contributed by atoms with Crippen molar-refractivity contribution in [2.75, 3.05) is 17.2 Å². The normalized spacial score (nSPS) is 9.92. The number of ether oxygens (including phenoxy) is 2. The lowest BCUT2D eigenvalue weighted by atomic mass is 10.2. The van der Waals surface area contributed by atoms with Crippen molar-refractivity contribution in [1.29, 1.82) is 0 Å². The predicted molar refractivity (Wildman–Crippen MR) is 94.7 cm³/mol. The number of nitro benzene ring substituents is 1. The third kappa shape index (κ3) is 6.99. The molecule has 0 aliphatic carbocycles. The fourth-order valence-electron chi connectivity index (χ4n) is 1.64. The van der Waals surface area contributed by atoms with Crippen LogP contribution in [-0.2, 0) is 9.47 Å². The molecule has 0 bridgehead atoms. The van der Waals surface area contributed by atoms with E-state index in [1.54, 1.807) is 20.8 Å². The van der Waals surface area contributed by atoms with Crippen molar-refractivity contribution in [2.45, 2.75) is 26.9 Å². The monoisotopic (exact) mass is 370 g/mol. The number of carbonyl (C=O) groups is 2. The van der Waals surface area contributed by atoms with Gasteiger partial charge in [-0.15, -0.1) is 0 Å².